The average molecular weight is 238 g/mol. The first-order valence-corrected chi connectivity index (χ1v) is 7.20. The Morgan fingerprint density at radius 2 is 1.82 bits per heavy atom. The Labute approximate surface area is 105 Å². The first-order valence-electron chi connectivity index (χ1n) is 7.20. The number of nitrogens with two attached hydrogens (primary N) is 1. The van der Waals surface area contributed by atoms with E-state index in [-0.39, 0.29) is 0 Å². The molecule has 1 saturated carbocycles. The lowest BCUT2D eigenvalue weighted by Crippen LogP contribution is -2.33. The van der Waals surface area contributed by atoms with Crippen LogP contribution in [-0.4, -0.2) is 30.4 Å². The van der Waals surface area contributed by atoms with E-state index in [1.54, 1.807) is 0 Å². The van der Waals surface area contributed by atoms with E-state index in [0.717, 1.165) is 24.9 Å². The van der Waals surface area contributed by atoms with Crippen LogP contribution < -0.4 is 5.73 Å². The molecule has 1 heterocycles. The van der Waals surface area contributed by atoms with Gasteiger partial charge in [-0.3, -0.25) is 4.79 Å². The molecule has 1 atom stereocenters. The molecular weight excluding hydrogens is 212 g/mol. The van der Waals surface area contributed by atoms with Gasteiger partial charge in [0.25, 0.3) is 0 Å². The van der Waals surface area contributed by atoms with Crippen molar-refractivity contribution in [3.05, 3.63) is 0 Å². The Kier molecular flexibility index (Phi) is 4.43. The van der Waals surface area contributed by atoms with Crippen molar-refractivity contribution in [2.24, 2.45) is 23.5 Å². The number of rotatable bonds is 4. The summed E-state index contributed by atoms with van der Waals surface area (Å²) in [7, 11) is 0. The van der Waals surface area contributed by atoms with E-state index >= 15 is 0 Å². The topological polar surface area (TPSA) is 46.3 Å². The lowest BCUT2D eigenvalue weighted by molar-refractivity contribution is -0.128. The molecular formula is C14H26N2O. The zero-order valence-corrected chi connectivity index (χ0v) is 11.0. The summed E-state index contributed by atoms with van der Waals surface area (Å²) in [4.78, 5) is 13.9. The van der Waals surface area contributed by atoms with Crippen molar-refractivity contribution >= 4 is 5.91 Å². The lowest BCUT2D eigenvalue weighted by Gasteiger charge is -2.30. The molecule has 98 valence electrons. The number of carbonyl (C=O) groups excluding carboxylic acids is 1. The molecule has 0 aromatic rings. The summed E-state index contributed by atoms with van der Waals surface area (Å²) in [5, 5.41) is 0. The Hall–Kier alpha value is -0.570. The number of carbonyl (C=O) groups is 1. The van der Waals surface area contributed by atoms with Gasteiger partial charge in [-0.15, -0.1) is 0 Å². The second-order valence-corrected chi connectivity index (χ2v) is 5.90. The smallest absolute Gasteiger partial charge is 0.222 e. The maximum Gasteiger partial charge on any atom is 0.222 e. The molecule has 0 aromatic carbocycles. The first kappa shape index (κ1) is 12.9. The normalized spacial score (nSPS) is 34.4. The van der Waals surface area contributed by atoms with Crippen LogP contribution in [0.4, 0.5) is 0 Å². The molecule has 3 heteroatoms. The monoisotopic (exact) mass is 238 g/mol. The standard InChI is InChI=1S/C14H26N2O/c1-2-11-3-5-12(6-4-11)9-16-10-13(8-15)7-14(16)17/h11-13H,2-10,15H2,1H3. The second-order valence-electron chi connectivity index (χ2n) is 5.90. The van der Waals surface area contributed by atoms with E-state index in [1.807, 2.05) is 0 Å². The highest BCUT2D eigenvalue weighted by Crippen LogP contribution is 2.32. The molecule has 1 unspecified atom stereocenters. The highest BCUT2D eigenvalue weighted by molar-refractivity contribution is 5.78. The highest BCUT2D eigenvalue weighted by Gasteiger charge is 2.31. The van der Waals surface area contributed by atoms with Crippen LogP contribution in [0.25, 0.3) is 0 Å². The van der Waals surface area contributed by atoms with Crippen LogP contribution in [-0.2, 0) is 4.79 Å². The molecule has 1 saturated heterocycles. The highest BCUT2D eigenvalue weighted by atomic mass is 16.2. The Morgan fingerprint density at radius 3 is 2.35 bits per heavy atom. The number of hydrogen-bond donors (Lipinski definition) is 1. The van der Waals surface area contributed by atoms with Crippen LogP contribution in [0, 0.1) is 17.8 Å². The van der Waals surface area contributed by atoms with Crippen molar-refractivity contribution in [1.82, 2.24) is 4.90 Å². The zero-order chi connectivity index (χ0) is 12.3. The van der Waals surface area contributed by atoms with Crippen molar-refractivity contribution in [1.29, 1.82) is 0 Å². The molecule has 0 radical (unpaired) electrons. The van der Waals surface area contributed by atoms with E-state index in [1.165, 1.54) is 32.1 Å². The average Bonchev–Trinajstić information content (AvgIpc) is 2.71. The summed E-state index contributed by atoms with van der Waals surface area (Å²) >= 11 is 0. The molecule has 2 aliphatic rings. The van der Waals surface area contributed by atoms with Crippen molar-refractivity contribution in [2.45, 2.75) is 45.4 Å². The summed E-state index contributed by atoms with van der Waals surface area (Å²) in [5.74, 6) is 2.43. The number of amides is 1. The van der Waals surface area contributed by atoms with Crippen molar-refractivity contribution in [2.75, 3.05) is 19.6 Å². The molecule has 0 aromatic heterocycles. The number of hydrogen-bond acceptors (Lipinski definition) is 2. The molecule has 2 rings (SSSR count). The van der Waals surface area contributed by atoms with Crippen LogP contribution in [0.15, 0.2) is 0 Å². The first-order chi connectivity index (χ1) is 8.22. The van der Waals surface area contributed by atoms with Gasteiger partial charge in [0.1, 0.15) is 0 Å². The minimum absolute atomic E-state index is 0.332. The largest absolute Gasteiger partial charge is 0.342 e. The van der Waals surface area contributed by atoms with Gasteiger partial charge in [-0.1, -0.05) is 26.2 Å². The van der Waals surface area contributed by atoms with E-state index < -0.39 is 0 Å². The fourth-order valence-electron chi connectivity index (χ4n) is 3.32. The third kappa shape index (κ3) is 3.21. The molecule has 3 nitrogen and oxygen atoms in total. The van der Waals surface area contributed by atoms with Gasteiger partial charge in [-0.2, -0.15) is 0 Å². The van der Waals surface area contributed by atoms with Crippen LogP contribution in [0.2, 0.25) is 0 Å². The Bertz CT molecular complexity index is 259. The molecule has 17 heavy (non-hydrogen) atoms. The van der Waals surface area contributed by atoms with Gasteiger partial charge in [-0.05, 0) is 37.1 Å². The van der Waals surface area contributed by atoms with Crippen LogP contribution in [0.5, 0.6) is 0 Å². The molecule has 1 aliphatic carbocycles. The van der Waals surface area contributed by atoms with Gasteiger partial charge in [0.15, 0.2) is 0 Å². The molecule has 1 aliphatic heterocycles. The maximum absolute atomic E-state index is 11.8. The molecule has 0 spiro atoms. The van der Waals surface area contributed by atoms with Crippen molar-refractivity contribution < 1.29 is 4.79 Å². The number of likely N-dealkylation sites (tertiary alicyclic amines) is 1. The minimum atomic E-state index is 0.332. The van der Waals surface area contributed by atoms with Crippen LogP contribution in [0.3, 0.4) is 0 Å². The Morgan fingerprint density at radius 1 is 1.18 bits per heavy atom. The van der Waals surface area contributed by atoms with Crippen LogP contribution in [0.1, 0.15) is 45.4 Å². The SMILES string of the molecule is CCC1CCC(CN2CC(CN)CC2=O)CC1. The maximum atomic E-state index is 11.8. The third-order valence-electron chi connectivity index (χ3n) is 4.65. The summed E-state index contributed by atoms with van der Waals surface area (Å²) in [6, 6.07) is 0. The second kappa shape index (κ2) is 5.85. The van der Waals surface area contributed by atoms with Gasteiger partial charge < -0.3 is 10.6 Å². The van der Waals surface area contributed by atoms with Gasteiger partial charge in [0.05, 0.1) is 0 Å². The fourth-order valence-corrected chi connectivity index (χ4v) is 3.32. The van der Waals surface area contributed by atoms with Crippen LogP contribution >= 0.6 is 0 Å². The van der Waals surface area contributed by atoms with E-state index in [2.05, 4.69) is 11.8 Å². The summed E-state index contributed by atoms with van der Waals surface area (Å²) in [6.07, 6.45) is 7.36. The predicted molar refractivity (Wildman–Crippen MR) is 69.5 cm³/mol. The molecule has 2 fully saturated rings. The van der Waals surface area contributed by atoms with Gasteiger partial charge in [0, 0.05) is 19.5 Å². The Balaban J connectivity index is 1.76. The molecule has 2 N–H and O–H groups in total. The summed E-state index contributed by atoms with van der Waals surface area (Å²) < 4.78 is 0. The van der Waals surface area contributed by atoms with E-state index in [0.29, 0.717) is 24.8 Å². The van der Waals surface area contributed by atoms with E-state index in [9.17, 15) is 4.79 Å². The van der Waals surface area contributed by atoms with Gasteiger partial charge in [-0.25, -0.2) is 0 Å². The summed E-state index contributed by atoms with van der Waals surface area (Å²) in [6.45, 7) is 4.85. The third-order valence-corrected chi connectivity index (χ3v) is 4.65. The summed E-state index contributed by atoms with van der Waals surface area (Å²) in [5.41, 5.74) is 5.65. The van der Waals surface area contributed by atoms with Gasteiger partial charge in [0.2, 0.25) is 5.91 Å². The van der Waals surface area contributed by atoms with Crippen molar-refractivity contribution in [3.8, 4) is 0 Å². The predicted octanol–water partition coefficient (Wildman–Crippen LogP) is 2.01. The fraction of sp³-hybridized carbons (Fsp3) is 0.929. The molecule has 0 bridgehead atoms. The van der Waals surface area contributed by atoms with E-state index in [4.69, 9.17) is 5.73 Å². The lowest BCUT2D eigenvalue weighted by atomic mass is 9.80. The molecule has 1 amide bonds. The minimum Gasteiger partial charge on any atom is -0.342 e. The number of nitrogens with zero attached hydrogens (tertiary/aromatic N) is 1. The van der Waals surface area contributed by atoms with Gasteiger partial charge >= 0.3 is 0 Å². The quantitative estimate of drug-likeness (QED) is 0.814. The van der Waals surface area contributed by atoms with Crippen molar-refractivity contribution in [3.63, 3.8) is 0 Å². The zero-order valence-electron chi connectivity index (χ0n) is 11.0.